The van der Waals surface area contributed by atoms with Gasteiger partial charge in [0.05, 0.1) is 17.7 Å². The first-order valence-corrected chi connectivity index (χ1v) is 10.2. The topological polar surface area (TPSA) is 65.0 Å². The van der Waals surface area contributed by atoms with Gasteiger partial charge in [-0.05, 0) is 31.0 Å². The van der Waals surface area contributed by atoms with E-state index in [9.17, 15) is 9.59 Å². The largest absolute Gasteiger partial charge is 0.357 e. The SMILES string of the molecule is CCNC(=NCCN1C(=O)c2ccccc2C1=O)N1CCC(c2ccccc2)C1.I. The molecule has 2 amide bonds. The lowest BCUT2D eigenvalue weighted by Crippen LogP contribution is -2.41. The van der Waals surface area contributed by atoms with Crippen molar-refractivity contribution in [1.29, 1.82) is 0 Å². The molecule has 6 nitrogen and oxygen atoms in total. The lowest BCUT2D eigenvalue weighted by Gasteiger charge is -2.22. The summed E-state index contributed by atoms with van der Waals surface area (Å²) in [4.78, 5) is 33.3. The maximum Gasteiger partial charge on any atom is 0.261 e. The van der Waals surface area contributed by atoms with Crippen molar-refractivity contribution in [3.63, 3.8) is 0 Å². The van der Waals surface area contributed by atoms with Crippen LogP contribution in [0.15, 0.2) is 59.6 Å². The molecule has 2 aliphatic heterocycles. The number of hydrogen-bond donors (Lipinski definition) is 1. The number of imide groups is 1. The molecule has 0 bridgehead atoms. The van der Waals surface area contributed by atoms with Gasteiger partial charge in [-0.3, -0.25) is 19.5 Å². The molecule has 0 radical (unpaired) electrons. The van der Waals surface area contributed by atoms with Gasteiger partial charge in [-0.25, -0.2) is 0 Å². The second-order valence-electron chi connectivity index (χ2n) is 7.39. The monoisotopic (exact) mass is 518 g/mol. The number of halogens is 1. The number of benzene rings is 2. The Kier molecular flexibility index (Phi) is 7.47. The Morgan fingerprint density at radius 1 is 1.03 bits per heavy atom. The van der Waals surface area contributed by atoms with E-state index in [-0.39, 0.29) is 42.3 Å². The predicted octanol–water partition coefficient (Wildman–Crippen LogP) is 3.36. The third-order valence-electron chi connectivity index (χ3n) is 5.56. The zero-order valence-electron chi connectivity index (χ0n) is 17.1. The Balaban J connectivity index is 0.00000256. The van der Waals surface area contributed by atoms with Gasteiger partial charge < -0.3 is 10.2 Å². The van der Waals surface area contributed by atoms with Crippen LogP contribution >= 0.6 is 24.0 Å². The lowest BCUT2D eigenvalue weighted by atomic mass is 9.99. The molecular formula is C23H27IN4O2. The lowest BCUT2D eigenvalue weighted by molar-refractivity contribution is 0.0659. The highest BCUT2D eigenvalue weighted by atomic mass is 127. The fourth-order valence-electron chi connectivity index (χ4n) is 4.07. The van der Waals surface area contributed by atoms with Crippen LogP contribution in [0.25, 0.3) is 0 Å². The van der Waals surface area contributed by atoms with E-state index in [1.54, 1.807) is 24.3 Å². The molecule has 1 N–H and O–H groups in total. The van der Waals surface area contributed by atoms with Crippen LogP contribution in [0.4, 0.5) is 0 Å². The molecule has 1 fully saturated rings. The van der Waals surface area contributed by atoms with E-state index in [1.165, 1.54) is 10.5 Å². The van der Waals surface area contributed by atoms with Crippen molar-refractivity contribution in [2.24, 2.45) is 4.99 Å². The number of amides is 2. The number of nitrogens with one attached hydrogen (secondary N) is 1. The van der Waals surface area contributed by atoms with Crippen LogP contribution in [0.2, 0.25) is 0 Å². The van der Waals surface area contributed by atoms with E-state index < -0.39 is 0 Å². The van der Waals surface area contributed by atoms with E-state index in [0.717, 1.165) is 32.0 Å². The molecule has 2 aromatic rings. The van der Waals surface area contributed by atoms with Crippen LogP contribution in [0.1, 0.15) is 45.5 Å². The first kappa shape index (κ1) is 22.3. The Labute approximate surface area is 194 Å². The molecule has 7 heteroatoms. The third-order valence-corrected chi connectivity index (χ3v) is 5.56. The highest BCUT2D eigenvalue weighted by Crippen LogP contribution is 2.27. The summed E-state index contributed by atoms with van der Waals surface area (Å²) < 4.78 is 0. The smallest absolute Gasteiger partial charge is 0.261 e. The zero-order valence-corrected chi connectivity index (χ0v) is 19.4. The number of rotatable bonds is 5. The summed E-state index contributed by atoms with van der Waals surface area (Å²) >= 11 is 0. The van der Waals surface area contributed by atoms with Crippen molar-refractivity contribution in [3.8, 4) is 0 Å². The van der Waals surface area contributed by atoms with Gasteiger partial charge in [-0.15, -0.1) is 24.0 Å². The molecule has 1 unspecified atom stereocenters. The summed E-state index contributed by atoms with van der Waals surface area (Å²) in [7, 11) is 0. The van der Waals surface area contributed by atoms with Crippen molar-refractivity contribution >= 4 is 41.8 Å². The molecule has 0 aliphatic carbocycles. The van der Waals surface area contributed by atoms with Crippen molar-refractivity contribution < 1.29 is 9.59 Å². The number of nitrogens with zero attached hydrogens (tertiary/aromatic N) is 3. The molecule has 0 saturated carbocycles. The van der Waals surface area contributed by atoms with Gasteiger partial charge in [-0.2, -0.15) is 0 Å². The van der Waals surface area contributed by atoms with Gasteiger partial charge in [-0.1, -0.05) is 42.5 Å². The Morgan fingerprint density at radius 2 is 1.67 bits per heavy atom. The van der Waals surface area contributed by atoms with Crippen LogP contribution in [0.3, 0.4) is 0 Å². The molecular weight excluding hydrogens is 491 g/mol. The van der Waals surface area contributed by atoms with Gasteiger partial charge >= 0.3 is 0 Å². The second kappa shape index (κ2) is 10.1. The number of carbonyl (C=O) groups excluding carboxylic acids is 2. The van der Waals surface area contributed by atoms with Gasteiger partial charge in [0.1, 0.15) is 0 Å². The summed E-state index contributed by atoms with van der Waals surface area (Å²) in [6.45, 7) is 5.36. The molecule has 2 aliphatic rings. The normalized spacial score (nSPS) is 18.4. The minimum absolute atomic E-state index is 0. The van der Waals surface area contributed by atoms with Crippen molar-refractivity contribution in [3.05, 3.63) is 71.3 Å². The van der Waals surface area contributed by atoms with Gasteiger partial charge in [0.25, 0.3) is 11.8 Å². The van der Waals surface area contributed by atoms with Crippen LogP contribution in [0.5, 0.6) is 0 Å². The quantitative estimate of drug-likeness (QED) is 0.286. The van der Waals surface area contributed by atoms with Crippen LogP contribution in [-0.4, -0.2) is 60.3 Å². The fraction of sp³-hybridized carbons (Fsp3) is 0.348. The van der Waals surface area contributed by atoms with Gasteiger partial charge in [0.2, 0.25) is 0 Å². The van der Waals surface area contributed by atoms with Crippen molar-refractivity contribution in [1.82, 2.24) is 15.1 Å². The standard InChI is InChI=1S/C23H26N4O2.HI/c1-2-24-23(26-14-12-18(16-26)17-8-4-3-5-9-17)25-13-15-27-21(28)19-10-6-7-11-20(19)22(27)29;/h3-11,18H,2,12-16H2,1H3,(H,24,25);1H. The summed E-state index contributed by atoms with van der Waals surface area (Å²) in [6.07, 6.45) is 1.09. The molecule has 1 atom stereocenters. The third kappa shape index (κ3) is 4.50. The maximum absolute atomic E-state index is 12.5. The fourth-order valence-corrected chi connectivity index (χ4v) is 4.07. The minimum atomic E-state index is -0.226. The van der Waals surface area contributed by atoms with E-state index in [0.29, 0.717) is 23.6 Å². The number of fused-ring (bicyclic) bond motifs is 1. The van der Waals surface area contributed by atoms with E-state index in [2.05, 4.69) is 34.5 Å². The Bertz CT molecular complexity index is 897. The molecule has 1 saturated heterocycles. The maximum atomic E-state index is 12.5. The second-order valence-corrected chi connectivity index (χ2v) is 7.39. The number of likely N-dealkylation sites (tertiary alicyclic amines) is 1. The molecule has 158 valence electrons. The number of guanidine groups is 1. The molecule has 2 aromatic carbocycles. The first-order valence-electron chi connectivity index (χ1n) is 10.2. The summed E-state index contributed by atoms with van der Waals surface area (Å²) in [6, 6.07) is 17.5. The van der Waals surface area contributed by atoms with E-state index in [1.807, 2.05) is 13.0 Å². The van der Waals surface area contributed by atoms with Crippen molar-refractivity contribution in [2.75, 3.05) is 32.7 Å². The van der Waals surface area contributed by atoms with Gasteiger partial charge in [0, 0.05) is 32.1 Å². The molecule has 2 heterocycles. The molecule has 0 spiro atoms. The minimum Gasteiger partial charge on any atom is -0.357 e. The highest BCUT2D eigenvalue weighted by Gasteiger charge is 2.34. The summed E-state index contributed by atoms with van der Waals surface area (Å²) in [5, 5.41) is 3.35. The van der Waals surface area contributed by atoms with Crippen LogP contribution < -0.4 is 5.32 Å². The average molecular weight is 518 g/mol. The van der Waals surface area contributed by atoms with Gasteiger partial charge in [0.15, 0.2) is 5.96 Å². The van der Waals surface area contributed by atoms with Crippen LogP contribution in [-0.2, 0) is 0 Å². The average Bonchev–Trinajstić information content (AvgIpc) is 3.34. The Morgan fingerprint density at radius 3 is 2.30 bits per heavy atom. The molecule has 0 aromatic heterocycles. The van der Waals surface area contributed by atoms with E-state index in [4.69, 9.17) is 4.99 Å². The van der Waals surface area contributed by atoms with E-state index >= 15 is 0 Å². The molecule has 4 rings (SSSR count). The predicted molar refractivity (Wildman–Crippen MR) is 129 cm³/mol. The Hall–Kier alpha value is -2.42. The molecule has 30 heavy (non-hydrogen) atoms. The summed E-state index contributed by atoms with van der Waals surface area (Å²) in [5.74, 6) is 0.895. The van der Waals surface area contributed by atoms with Crippen molar-refractivity contribution in [2.45, 2.75) is 19.3 Å². The number of carbonyl (C=O) groups is 2. The number of hydrogen-bond acceptors (Lipinski definition) is 3. The number of aliphatic imine (C=N–C) groups is 1. The highest BCUT2D eigenvalue weighted by molar-refractivity contribution is 14.0. The van der Waals surface area contributed by atoms with Crippen LogP contribution in [0, 0.1) is 0 Å². The first-order chi connectivity index (χ1) is 14.2. The summed E-state index contributed by atoms with van der Waals surface area (Å²) in [5.41, 5.74) is 2.33. The zero-order chi connectivity index (χ0) is 20.2.